The smallest absolute Gasteiger partial charge is 0.224 e. The Bertz CT molecular complexity index is 1200. The summed E-state index contributed by atoms with van der Waals surface area (Å²) < 4.78 is 6.99. The molecule has 168 valence electrons. The number of carbonyl (C=O) groups excluding carboxylic acids is 1. The van der Waals surface area contributed by atoms with E-state index in [0.717, 1.165) is 29.0 Å². The summed E-state index contributed by atoms with van der Waals surface area (Å²) in [5.41, 5.74) is 11.3. The van der Waals surface area contributed by atoms with Gasteiger partial charge >= 0.3 is 0 Å². The van der Waals surface area contributed by atoms with E-state index in [1.807, 2.05) is 79.0 Å². The van der Waals surface area contributed by atoms with Crippen LogP contribution in [-0.4, -0.2) is 28.0 Å². The van der Waals surface area contributed by atoms with Crippen molar-refractivity contribution < 1.29 is 9.53 Å². The van der Waals surface area contributed by atoms with Crippen LogP contribution in [0.1, 0.15) is 17.7 Å². The van der Waals surface area contributed by atoms with Gasteiger partial charge in [-0.3, -0.25) is 9.48 Å². The van der Waals surface area contributed by atoms with Crippen LogP contribution in [-0.2, 0) is 24.2 Å². The molecule has 0 radical (unpaired) electrons. The number of hydrogen-bond donors (Lipinski definition) is 2. The number of benzene rings is 3. The molecule has 0 fully saturated rings. The highest BCUT2D eigenvalue weighted by atomic mass is 16.5. The number of anilines is 2. The Hall–Kier alpha value is -4.13. The van der Waals surface area contributed by atoms with Crippen LogP contribution in [0.5, 0.6) is 5.75 Å². The van der Waals surface area contributed by atoms with Crippen LogP contribution < -0.4 is 15.8 Å². The Labute approximate surface area is 193 Å². The van der Waals surface area contributed by atoms with Gasteiger partial charge in [-0.15, -0.1) is 5.10 Å². The summed E-state index contributed by atoms with van der Waals surface area (Å²) in [6.07, 6.45) is 3.53. The Morgan fingerprint density at radius 3 is 2.55 bits per heavy atom. The molecule has 7 nitrogen and oxygen atoms in total. The van der Waals surface area contributed by atoms with Crippen LogP contribution in [0.4, 0.5) is 11.4 Å². The minimum Gasteiger partial charge on any atom is -0.497 e. The quantitative estimate of drug-likeness (QED) is 0.377. The second-order valence-corrected chi connectivity index (χ2v) is 7.79. The summed E-state index contributed by atoms with van der Waals surface area (Å²) in [6.45, 7) is 0.717. The minimum absolute atomic E-state index is 0.111. The Kier molecular flexibility index (Phi) is 6.99. The van der Waals surface area contributed by atoms with Crippen LogP contribution in [0.15, 0.2) is 79.0 Å². The third kappa shape index (κ3) is 5.98. The molecule has 0 unspecified atom stereocenters. The monoisotopic (exact) mass is 441 g/mol. The number of ether oxygens (including phenoxy) is 1. The van der Waals surface area contributed by atoms with Gasteiger partial charge in [0.2, 0.25) is 5.91 Å². The molecule has 4 aromatic rings. The topological polar surface area (TPSA) is 95.1 Å². The average Bonchev–Trinajstić information content (AvgIpc) is 3.31. The molecule has 0 aliphatic heterocycles. The van der Waals surface area contributed by atoms with Gasteiger partial charge in [-0.05, 0) is 47.4 Å². The van der Waals surface area contributed by atoms with Crippen LogP contribution in [0.25, 0.3) is 11.1 Å². The lowest BCUT2D eigenvalue weighted by molar-refractivity contribution is -0.116. The van der Waals surface area contributed by atoms with Gasteiger partial charge in [0.05, 0.1) is 24.2 Å². The van der Waals surface area contributed by atoms with Gasteiger partial charge < -0.3 is 15.8 Å². The molecule has 1 aromatic heterocycles. The number of hydrogen-bond acceptors (Lipinski definition) is 5. The lowest BCUT2D eigenvalue weighted by Crippen LogP contribution is -2.13. The van der Waals surface area contributed by atoms with Crippen LogP contribution in [0.3, 0.4) is 0 Å². The molecule has 3 aromatic carbocycles. The Balaban J connectivity index is 1.29. The van der Waals surface area contributed by atoms with E-state index in [-0.39, 0.29) is 5.91 Å². The van der Waals surface area contributed by atoms with E-state index < -0.39 is 0 Å². The van der Waals surface area contributed by atoms with Gasteiger partial charge in [-0.25, -0.2) is 0 Å². The summed E-state index contributed by atoms with van der Waals surface area (Å²) in [4.78, 5) is 12.5. The molecule has 0 aliphatic carbocycles. The van der Waals surface area contributed by atoms with Gasteiger partial charge in [0.1, 0.15) is 5.75 Å². The lowest BCUT2D eigenvalue weighted by atomic mass is 10.0. The molecule has 3 N–H and O–H groups in total. The molecular formula is C26H27N5O2. The number of nitrogens with zero attached hydrogens (tertiary/aromatic N) is 3. The number of amides is 1. The van der Waals surface area contributed by atoms with E-state index in [1.54, 1.807) is 11.8 Å². The predicted molar refractivity (Wildman–Crippen MR) is 130 cm³/mol. The SMILES string of the molecule is COc1ccc(CCn2cc(CCC(=O)Nc3cc(-c4ccccc4)ccc3N)nn2)cc1. The number of aryl methyl sites for hydroxylation is 3. The van der Waals surface area contributed by atoms with E-state index in [1.165, 1.54) is 5.56 Å². The van der Waals surface area contributed by atoms with Gasteiger partial charge in [0.25, 0.3) is 0 Å². The molecule has 0 spiro atoms. The standard InChI is InChI=1S/C26H27N5O2/c1-33-23-11-7-19(8-12-23)15-16-31-18-22(29-30-31)10-14-26(32)28-25-17-21(9-13-24(25)27)20-5-3-2-4-6-20/h2-9,11-13,17-18H,10,14-16,27H2,1H3,(H,28,32). The van der Waals surface area contributed by atoms with E-state index in [9.17, 15) is 4.79 Å². The number of aromatic nitrogens is 3. The molecule has 0 bridgehead atoms. The van der Waals surface area contributed by atoms with Crippen molar-refractivity contribution in [1.29, 1.82) is 0 Å². The number of nitrogen functional groups attached to an aromatic ring is 1. The van der Waals surface area contributed by atoms with Gasteiger partial charge in [0.15, 0.2) is 0 Å². The number of methoxy groups -OCH3 is 1. The largest absolute Gasteiger partial charge is 0.497 e. The first kappa shape index (κ1) is 22.1. The number of nitrogens with one attached hydrogen (secondary N) is 1. The Morgan fingerprint density at radius 1 is 1.00 bits per heavy atom. The van der Waals surface area contributed by atoms with E-state index in [4.69, 9.17) is 10.5 Å². The van der Waals surface area contributed by atoms with Gasteiger partial charge in [-0.2, -0.15) is 0 Å². The predicted octanol–water partition coefficient (Wildman–Crippen LogP) is 4.35. The summed E-state index contributed by atoms with van der Waals surface area (Å²) in [7, 11) is 1.66. The van der Waals surface area contributed by atoms with Gasteiger partial charge in [0, 0.05) is 25.6 Å². The molecule has 1 amide bonds. The van der Waals surface area contributed by atoms with Crippen molar-refractivity contribution in [1.82, 2.24) is 15.0 Å². The number of nitrogens with two attached hydrogens (primary N) is 1. The molecular weight excluding hydrogens is 414 g/mol. The molecule has 1 heterocycles. The number of carbonyl (C=O) groups is 1. The maximum absolute atomic E-state index is 12.5. The fraction of sp³-hybridized carbons (Fsp3) is 0.192. The average molecular weight is 442 g/mol. The second-order valence-electron chi connectivity index (χ2n) is 7.79. The summed E-state index contributed by atoms with van der Waals surface area (Å²) in [5, 5.41) is 11.3. The van der Waals surface area contributed by atoms with Crippen molar-refractivity contribution >= 4 is 17.3 Å². The summed E-state index contributed by atoms with van der Waals surface area (Å²) >= 11 is 0. The zero-order valence-electron chi connectivity index (χ0n) is 18.6. The fourth-order valence-electron chi connectivity index (χ4n) is 3.53. The molecule has 0 saturated heterocycles. The molecule has 7 heteroatoms. The molecule has 0 atom stereocenters. The van der Waals surface area contributed by atoms with Crippen LogP contribution >= 0.6 is 0 Å². The lowest BCUT2D eigenvalue weighted by Gasteiger charge is -2.10. The van der Waals surface area contributed by atoms with Crippen molar-refractivity contribution in [3.05, 3.63) is 90.3 Å². The zero-order chi connectivity index (χ0) is 23.0. The summed E-state index contributed by atoms with van der Waals surface area (Å²) in [6, 6.07) is 23.6. The van der Waals surface area contributed by atoms with Crippen molar-refractivity contribution in [2.45, 2.75) is 25.8 Å². The highest BCUT2D eigenvalue weighted by Crippen LogP contribution is 2.27. The van der Waals surface area contributed by atoms with Crippen LogP contribution in [0.2, 0.25) is 0 Å². The van der Waals surface area contributed by atoms with Crippen molar-refractivity contribution in [3.63, 3.8) is 0 Å². The first-order chi connectivity index (χ1) is 16.1. The van der Waals surface area contributed by atoms with E-state index in [0.29, 0.717) is 30.8 Å². The third-order valence-corrected chi connectivity index (χ3v) is 5.42. The third-order valence-electron chi connectivity index (χ3n) is 5.42. The highest BCUT2D eigenvalue weighted by molar-refractivity contribution is 5.95. The number of rotatable bonds is 9. The van der Waals surface area contributed by atoms with E-state index >= 15 is 0 Å². The zero-order valence-corrected chi connectivity index (χ0v) is 18.6. The molecule has 33 heavy (non-hydrogen) atoms. The summed E-state index contributed by atoms with van der Waals surface area (Å²) in [5.74, 6) is 0.730. The fourth-order valence-corrected chi connectivity index (χ4v) is 3.53. The maximum atomic E-state index is 12.5. The second kappa shape index (κ2) is 10.5. The van der Waals surface area contributed by atoms with Crippen molar-refractivity contribution in [2.24, 2.45) is 0 Å². The van der Waals surface area contributed by atoms with Gasteiger partial charge in [-0.1, -0.05) is 53.7 Å². The highest BCUT2D eigenvalue weighted by Gasteiger charge is 2.10. The molecule has 4 rings (SSSR count). The Morgan fingerprint density at radius 2 is 1.79 bits per heavy atom. The first-order valence-electron chi connectivity index (χ1n) is 10.9. The molecule has 0 saturated carbocycles. The van der Waals surface area contributed by atoms with Crippen molar-refractivity contribution in [3.8, 4) is 16.9 Å². The first-order valence-corrected chi connectivity index (χ1v) is 10.9. The minimum atomic E-state index is -0.111. The van der Waals surface area contributed by atoms with E-state index in [2.05, 4.69) is 15.6 Å². The van der Waals surface area contributed by atoms with Crippen LogP contribution in [0, 0.1) is 0 Å². The normalized spacial score (nSPS) is 10.7. The van der Waals surface area contributed by atoms with Crippen molar-refractivity contribution in [2.75, 3.05) is 18.2 Å². The maximum Gasteiger partial charge on any atom is 0.224 e. The molecule has 0 aliphatic rings.